The monoisotopic (exact) mass is 272 g/mol. The Kier molecular flexibility index (Phi) is 3.96. The van der Waals surface area contributed by atoms with E-state index in [1.54, 1.807) is 0 Å². The number of morpholine rings is 1. The number of carbonyl (C=O) groups excluding carboxylic acids is 1. The molecule has 0 aromatic carbocycles. The Bertz CT molecular complexity index is 466. The maximum Gasteiger partial charge on any atom is 0.228 e. The average Bonchev–Trinajstić information content (AvgIpc) is 2.57. The molecule has 1 aromatic rings. The highest BCUT2D eigenvalue weighted by Crippen LogP contribution is 2.17. The molecule has 1 N–H and O–H groups in total. The van der Waals surface area contributed by atoms with Gasteiger partial charge >= 0.3 is 0 Å². The van der Waals surface area contributed by atoms with Crippen molar-refractivity contribution < 1.29 is 9.53 Å². The van der Waals surface area contributed by atoms with Crippen LogP contribution in [0.5, 0.6) is 0 Å². The van der Waals surface area contributed by atoms with Crippen molar-refractivity contribution in [2.75, 3.05) is 19.7 Å². The van der Waals surface area contributed by atoms with Gasteiger partial charge in [-0.1, -0.05) is 0 Å². The van der Waals surface area contributed by atoms with E-state index in [0.717, 1.165) is 14.5 Å². The van der Waals surface area contributed by atoms with Gasteiger partial charge in [-0.3, -0.25) is 4.79 Å². The van der Waals surface area contributed by atoms with Gasteiger partial charge in [0.1, 0.15) is 0 Å². The van der Waals surface area contributed by atoms with Crippen molar-refractivity contribution in [2.24, 2.45) is 0 Å². The molecular weight excluding hydrogens is 256 g/mol. The maximum atomic E-state index is 12.1. The van der Waals surface area contributed by atoms with Crippen LogP contribution in [-0.4, -0.2) is 41.6 Å². The van der Waals surface area contributed by atoms with Crippen LogP contribution in [0.15, 0.2) is 0 Å². The van der Waals surface area contributed by atoms with E-state index in [0.29, 0.717) is 26.1 Å². The van der Waals surface area contributed by atoms with Gasteiger partial charge in [-0.05, 0) is 26.1 Å². The van der Waals surface area contributed by atoms with Gasteiger partial charge in [-0.25, -0.2) is 0 Å². The summed E-state index contributed by atoms with van der Waals surface area (Å²) < 4.78 is 6.16. The van der Waals surface area contributed by atoms with Crippen LogP contribution >= 0.6 is 23.6 Å². The molecule has 0 saturated carbocycles. The number of rotatable bonds is 2. The first-order valence-electron chi connectivity index (χ1n) is 5.64. The third-order valence-electron chi connectivity index (χ3n) is 2.83. The standard InChI is InChI=1S/C11H16N2O2S2/c1-7-6-13(3-4-15-7)10(14)5-9-8(2)12-11(16)17-9/h7H,3-6H2,1-2H3,(H,12,16). The molecule has 1 unspecified atom stereocenters. The van der Waals surface area contributed by atoms with E-state index < -0.39 is 0 Å². The Labute approximate surface area is 110 Å². The zero-order valence-electron chi connectivity index (χ0n) is 9.99. The molecule has 0 radical (unpaired) electrons. The van der Waals surface area contributed by atoms with Gasteiger partial charge in [0.05, 0.1) is 19.1 Å². The molecule has 1 fully saturated rings. The second kappa shape index (κ2) is 5.29. The lowest BCUT2D eigenvalue weighted by molar-refractivity contribution is -0.137. The van der Waals surface area contributed by atoms with Crippen molar-refractivity contribution in [2.45, 2.75) is 26.4 Å². The minimum absolute atomic E-state index is 0.137. The van der Waals surface area contributed by atoms with E-state index in [9.17, 15) is 4.79 Å². The molecule has 4 nitrogen and oxygen atoms in total. The van der Waals surface area contributed by atoms with Crippen molar-refractivity contribution >= 4 is 29.5 Å². The Morgan fingerprint density at radius 3 is 3.06 bits per heavy atom. The molecule has 1 saturated heterocycles. The van der Waals surface area contributed by atoms with Crippen molar-refractivity contribution in [1.29, 1.82) is 0 Å². The lowest BCUT2D eigenvalue weighted by atomic mass is 10.2. The summed E-state index contributed by atoms with van der Waals surface area (Å²) >= 11 is 6.55. The van der Waals surface area contributed by atoms with Crippen LogP contribution in [-0.2, 0) is 16.0 Å². The molecule has 1 amide bonds. The van der Waals surface area contributed by atoms with Gasteiger partial charge in [0, 0.05) is 23.7 Å². The summed E-state index contributed by atoms with van der Waals surface area (Å²) in [4.78, 5) is 18.1. The summed E-state index contributed by atoms with van der Waals surface area (Å²) in [5.41, 5.74) is 1.01. The van der Waals surface area contributed by atoms with E-state index in [1.165, 1.54) is 11.3 Å². The van der Waals surface area contributed by atoms with Crippen LogP contribution in [0.2, 0.25) is 0 Å². The fourth-order valence-corrected chi connectivity index (χ4v) is 3.18. The van der Waals surface area contributed by atoms with Gasteiger partial charge in [0.15, 0.2) is 3.95 Å². The minimum atomic E-state index is 0.137. The maximum absolute atomic E-state index is 12.1. The number of nitrogens with one attached hydrogen (secondary N) is 1. The van der Waals surface area contributed by atoms with E-state index >= 15 is 0 Å². The first-order valence-corrected chi connectivity index (χ1v) is 6.86. The summed E-state index contributed by atoms with van der Waals surface area (Å²) in [6, 6.07) is 0. The number of amides is 1. The number of hydrogen-bond donors (Lipinski definition) is 1. The Morgan fingerprint density at radius 1 is 1.71 bits per heavy atom. The van der Waals surface area contributed by atoms with Gasteiger partial charge < -0.3 is 14.6 Å². The normalized spacial score (nSPS) is 20.6. The molecule has 0 spiro atoms. The SMILES string of the molecule is Cc1[nH]c(=S)sc1CC(=O)N1CCOC(C)C1. The molecule has 1 aromatic heterocycles. The predicted molar refractivity (Wildman–Crippen MR) is 69.9 cm³/mol. The molecule has 17 heavy (non-hydrogen) atoms. The third kappa shape index (κ3) is 3.14. The van der Waals surface area contributed by atoms with Crippen LogP contribution in [0.25, 0.3) is 0 Å². The molecule has 1 atom stereocenters. The fraction of sp³-hybridized carbons (Fsp3) is 0.636. The molecule has 1 aliphatic heterocycles. The van der Waals surface area contributed by atoms with Gasteiger partial charge in [0.2, 0.25) is 5.91 Å². The molecule has 0 aliphatic carbocycles. The number of carbonyl (C=O) groups is 1. The zero-order chi connectivity index (χ0) is 12.4. The van der Waals surface area contributed by atoms with Crippen molar-refractivity contribution in [3.05, 3.63) is 14.5 Å². The van der Waals surface area contributed by atoms with E-state index in [4.69, 9.17) is 17.0 Å². The molecule has 94 valence electrons. The predicted octanol–water partition coefficient (Wildman–Crippen LogP) is 1.90. The Morgan fingerprint density at radius 2 is 2.47 bits per heavy atom. The molecule has 2 heterocycles. The summed E-state index contributed by atoms with van der Waals surface area (Å²) in [6.45, 7) is 5.96. The first-order chi connectivity index (χ1) is 8.06. The quantitative estimate of drug-likeness (QED) is 0.836. The average molecular weight is 272 g/mol. The van der Waals surface area contributed by atoms with Crippen LogP contribution in [0.4, 0.5) is 0 Å². The van der Waals surface area contributed by atoms with Crippen LogP contribution in [0.3, 0.4) is 0 Å². The molecular formula is C11H16N2O2S2. The highest BCUT2D eigenvalue weighted by molar-refractivity contribution is 7.73. The highest BCUT2D eigenvalue weighted by atomic mass is 32.1. The Hall–Kier alpha value is -0.720. The van der Waals surface area contributed by atoms with Gasteiger partial charge in [-0.15, -0.1) is 11.3 Å². The number of aromatic nitrogens is 1. The summed E-state index contributed by atoms with van der Waals surface area (Å²) in [5.74, 6) is 0.161. The topological polar surface area (TPSA) is 45.3 Å². The zero-order valence-corrected chi connectivity index (χ0v) is 11.6. The van der Waals surface area contributed by atoms with Crippen molar-refractivity contribution in [3.8, 4) is 0 Å². The van der Waals surface area contributed by atoms with Crippen LogP contribution in [0, 0.1) is 10.9 Å². The lowest BCUT2D eigenvalue weighted by Gasteiger charge is -2.31. The minimum Gasteiger partial charge on any atom is -0.375 e. The summed E-state index contributed by atoms with van der Waals surface area (Å²) in [6.07, 6.45) is 0.578. The second-order valence-electron chi connectivity index (χ2n) is 4.26. The fourth-order valence-electron chi connectivity index (χ4n) is 1.90. The lowest BCUT2D eigenvalue weighted by Crippen LogP contribution is -2.45. The van der Waals surface area contributed by atoms with E-state index in [1.807, 2.05) is 18.7 Å². The largest absolute Gasteiger partial charge is 0.375 e. The van der Waals surface area contributed by atoms with Crippen LogP contribution in [0.1, 0.15) is 17.5 Å². The first kappa shape index (κ1) is 12.7. The van der Waals surface area contributed by atoms with Crippen molar-refractivity contribution in [3.63, 3.8) is 0 Å². The van der Waals surface area contributed by atoms with E-state index in [-0.39, 0.29) is 12.0 Å². The number of hydrogen-bond acceptors (Lipinski definition) is 4. The number of nitrogens with zero attached hydrogens (tertiary/aromatic N) is 1. The number of thiazole rings is 1. The number of aromatic amines is 1. The van der Waals surface area contributed by atoms with E-state index in [2.05, 4.69) is 4.98 Å². The summed E-state index contributed by atoms with van der Waals surface area (Å²) in [5, 5.41) is 0. The van der Waals surface area contributed by atoms with Gasteiger partial charge in [-0.2, -0.15) is 0 Å². The van der Waals surface area contributed by atoms with Crippen LogP contribution < -0.4 is 0 Å². The third-order valence-corrected chi connectivity index (χ3v) is 4.17. The molecule has 2 rings (SSSR count). The highest BCUT2D eigenvalue weighted by Gasteiger charge is 2.22. The number of ether oxygens (including phenoxy) is 1. The second-order valence-corrected chi connectivity index (χ2v) is 6.03. The molecule has 0 bridgehead atoms. The van der Waals surface area contributed by atoms with Crippen molar-refractivity contribution in [1.82, 2.24) is 9.88 Å². The molecule has 1 aliphatic rings. The molecule has 6 heteroatoms. The van der Waals surface area contributed by atoms with Gasteiger partial charge in [0.25, 0.3) is 0 Å². The number of H-pyrrole nitrogens is 1. The Balaban J connectivity index is 2.01. The smallest absolute Gasteiger partial charge is 0.228 e. The summed E-state index contributed by atoms with van der Waals surface area (Å²) in [7, 11) is 0. The number of aryl methyl sites for hydroxylation is 1.